The summed E-state index contributed by atoms with van der Waals surface area (Å²) in [7, 11) is 5.40. The Morgan fingerprint density at radius 2 is 1.90 bits per heavy atom. The third-order valence-corrected chi connectivity index (χ3v) is 8.37. The number of benzene rings is 1. The number of amides is 2. The summed E-state index contributed by atoms with van der Waals surface area (Å²) in [6, 6.07) is 5.72. The zero-order valence-electron chi connectivity index (χ0n) is 24.7. The number of piperidine rings is 1. The second kappa shape index (κ2) is 13.7. The van der Waals surface area contributed by atoms with Crippen LogP contribution >= 0.6 is 0 Å². The second-order valence-corrected chi connectivity index (χ2v) is 11.2. The van der Waals surface area contributed by atoms with Crippen molar-refractivity contribution in [2.75, 3.05) is 46.2 Å². The molecule has 2 amide bonds. The van der Waals surface area contributed by atoms with Crippen LogP contribution in [0.3, 0.4) is 0 Å². The maximum Gasteiger partial charge on any atom is 0.251 e. The standard InChI is InChI=1S/C31H45N7O3/c1-6-9-23-20-38(25-10-7-8-11-25)29(27(19-32)37(4)31(23)40)34-21(2)33-26-13-12-22(18-28(26)41-5)30(39)35-24-14-16-36(3)17-15-24/h6,12-13,18-19,23-25,33H,1-2,7-11,14-17,20,32H2,3-5H3,(H,35,39)/b27-19+,34-29?. The van der Waals surface area contributed by atoms with Crippen LogP contribution in [0.2, 0.25) is 0 Å². The SMILES string of the molecule is C=CCC1CN(C2CCCC2)C(=NC(=C)Nc2ccc(C(=O)NC3CCN(C)CC3)cc2OC)/C(=C\N)N(C)C1=O. The third-order valence-electron chi connectivity index (χ3n) is 8.37. The predicted octanol–water partition coefficient (Wildman–Crippen LogP) is 3.51. The molecule has 222 valence electrons. The zero-order valence-corrected chi connectivity index (χ0v) is 24.7. The summed E-state index contributed by atoms with van der Waals surface area (Å²) in [4.78, 5) is 37.2. The molecule has 3 aliphatic rings. The van der Waals surface area contributed by atoms with Gasteiger partial charge in [0.15, 0.2) is 5.84 Å². The molecule has 10 nitrogen and oxygen atoms in total. The van der Waals surface area contributed by atoms with Crippen LogP contribution in [-0.4, -0.2) is 85.3 Å². The number of amidine groups is 1. The van der Waals surface area contributed by atoms with Gasteiger partial charge in [0.25, 0.3) is 5.91 Å². The number of nitrogens with one attached hydrogen (secondary N) is 2. The number of carbonyl (C=O) groups is 2. The molecule has 1 aromatic carbocycles. The number of allylic oxidation sites excluding steroid dienone is 1. The molecule has 1 atom stereocenters. The minimum absolute atomic E-state index is 0.0100. The minimum atomic E-state index is -0.240. The van der Waals surface area contributed by atoms with Crippen molar-refractivity contribution in [3.8, 4) is 5.75 Å². The van der Waals surface area contributed by atoms with Crippen LogP contribution in [0.15, 0.2) is 60.1 Å². The number of hydrogen-bond acceptors (Lipinski definition) is 7. The van der Waals surface area contributed by atoms with Crippen LogP contribution in [0, 0.1) is 5.92 Å². The quantitative estimate of drug-likeness (QED) is 0.394. The number of nitrogens with zero attached hydrogens (tertiary/aromatic N) is 4. The average molecular weight is 564 g/mol. The van der Waals surface area contributed by atoms with Crippen molar-refractivity contribution in [2.45, 2.75) is 57.0 Å². The normalized spacial score (nSPS) is 23.1. The van der Waals surface area contributed by atoms with Gasteiger partial charge in [-0.3, -0.25) is 9.59 Å². The van der Waals surface area contributed by atoms with E-state index in [0.717, 1.165) is 51.6 Å². The number of aliphatic imine (C=N–C) groups is 1. The van der Waals surface area contributed by atoms with E-state index in [9.17, 15) is 9.59 Å². The topological polar surface area (TPSA) is 116 Å². The molecule has 1 aliphatic carbocycles. The van der Waals surface area contributed by atoms with Gasteiger partial charge in [0.2, 0.25) is 5.91 Å². The first kappa shape index (κ1) is 30.2. The number of nitrogens with two attached hydrogens (primary N) is 1. The molecule has 1 saturated carbocycles. The van der Waals surface area contributed by atoms with Gasteiger partial charge < -0.3 is 35.8 Å². The van der Waals surface area contributed by atoms with Crippen molar-refractivity contribution in [3.05, 3.63) is 60.7 Å². The van der Waals surface area contributed by atoms with Gasteiger partial charge in [-0.1, -0.05) is 25.5 Å². The van der Waals surface area contributed by atoms with E-state index < -0.39 is 0 Å². The van der Waals surface area contributed by atoms with Crippen LogP contribution in [0.1, 0.15) is 55.3 Å². The molecule has 3 fully saturated rings. The van der Waals surface area contributed by atoms with Crippen LogP contribution in [0.4, 0.5) is 5.69 Å². The molecule has 0 aromatic heterocycles. The highest BCUT2D eigenvalue weighted by atomic mass is 16.5. The van der Waals surface area contributed by atoms with Crippen molar-refractivity contribution in [1.29, 1.82) is 0 Å². The Labute approximate surface area is 244 Å². The fourth-order valence-electron chi connectivity index (χ4n) is 5.98. The van der Waals surface area contributed by atoms with Gasteiger partial charge >= 0.3 is 0 Å². The number of anilines is 1. The lowest BCUT2D eigenvalue weighted by molar-refractivity contribution is -0.131. The molecular weight excluding hydrogens is 518 g/mol. The molecule has 4 rings (SSSR count). The molecule has 2 saturated heterocycles. The number of likely N-dealkylation sites (N-methyl/N-ethyl adjacent to an activating group) is 1. The Morgan fingerprint density at radius 1 is 1.20 bits per heavy atom. The Hall–Kier alpha value is -3.79. The van der Waals surface area contributed by atoms with Gasteiger partial charge in [0.05, 0.1) is 18.7 Å². The number of likely N-dealkylation sites (tertiary alicyclic amines) is 1. The highest BCUT2D eigenvalue weighted by Gasteiger charge is 2.38. The van der Waals surface area contributed by atoms with Gasteiger partial charge in [-0.25, -0.2) is 4.99 Å². The number of hydrogen-bond donors (Lipinski definition) is 3. The first-order valence-electron chi connectivity index (χ1n) is 14.5. The van der Waals surface area contributed by atoms with Crippen LogP contribution in [0.5, 0.6) is 5.75 Å². The van der Waals surface area contributed by atoms with Crippen molar-refractivity contribution in [3.63, 3.8) is 0 Å². The summed E-state index contributed by atoms with van der Waals surface area (Å²) in [5, 5.41) is 6.39. The van der Waals surface area contributed by atoms with Gasteiger partial charge in [0, 0.05) is 37.4 Å². The Morgan fingerprint density at radius 3 is 2.54 bits per heavy atom. The maximum atomic E-state index is 13.3. The maximum absolute atomic E-state index is 13.3. The van der Waals surface area contributed by atoms with Crippen molar-refractivity contribution in [2.24, 2.45) is 16.6 Å². The summed E-state index contributed by atoms with van der Waals surface area (Å²) in [6.45, 7) is 10.5. The summed E-state index contributed by atoms with van der Waals surface area (Å²) >= 11 is 0. The van der Waals surface area contributed by atoms with E-state index in [1.165, 1.54) is 6.20 Å². The van der Waals surface area contributed by atoms with Gasteiger partial charge in [-0.2, -0.15) is 0 Å². The zero-order chi connectivity index (χ0) is 29.5. The summed E-state index contributed by atoms with van der Waals surface area (Å²) < 4.78 is 5.63. The number of carbonyl (C=O) groups excluding carboxylic acids is 2. The molecule has 1 unspecified atom stereocenters. The first-order valence-corrected chi connectivity index (χ1v) is 14.5. The second-order valence-electron chi connectivity index (χ2n) is 11.2. The van der Waals surface area contributed by atoms with E-state index in [0.29, 0.717) is 47.3 Å². The molecule has 1 aromatic rings. The molecule has 2 heterocycles. The molecule has 41 heavy (non-hydrogen) atoms. The lowest BCUT2D eigenvalue weighted by atomic mass is 10.0. The van der Waals surface area contributed by atoms with Gasteiger partial charge in [-0.05, 0) is 70.4 Å². The lowest BCUT2D eigenvalue weighted by Crippen LogP contribution is -2.43. The smallest absolute Gasteiger partial charge is 0.251 e. The monoisotopic (exact) mass is 563 g/mol. The van der Waals surface area contributed by atoms with Crippen molar-refractivity contribution in [1.82, 2.24) is 20.0 Å². The number of methoxy groups -OCH3 is 1. The third kappa shape index (κ3) is 7.11. The van der Waals surface area contributed by atoms with Crippen molar-refractivity contribution >= 4 is 23.3 Å². The largest absolute Gasteiger partial charge is 0.495 e. The number of rotatable bonds is 9. The average Bonchev–Trinajstić information content (AvgIpc) is 3.48. The first-order chi connectivity index (χ1) is 19.7. The molecule has 0 bridgehead atoms. The molecular formula is C31H45N7O3. The Bertz CT molecular complexity index is 1200. The minimum Gasteiger partial charge on any atom is -0.495 e. The van der Waals surface area contributed by atoms with Crippen LogP contribution in [-0.2, 0) is 4.79 Å². The van der Waals surface area contributed by atoms with E-state index in [2.05, 4.69) is 40.6 Å². The molecule has 10 heteroatoms. The number of ether oxygens (including phenoxy) is 1. The van der Waals surface area contributed by atoms with E-state index in [1.807, 2.05) is 0 Å². The Balaban J connectivity index is 1.56. The fourth-order valence-corrected chi connectivity index (χ4v) is 5.98. The van der Waals surface area contributed by atoms with Gasteiger partial charge in [0.1, 0.15) is 17.3 Å². The van der Waals surface area contributed by atoms with E-state index >= 15 is 0 Å². The van der Waals surface area contributed by atoms with Crippen molar-refractivity contribution < 1.29 is 14.3 Å². The molecule has 0 spiro atoms. The highest BCUT2D eigenvalue weighted by Crippen LogP contribution is 2.32. The molecule has 4 N–H and O–H groups in total. The van der Waals surface area contributed by atoms with E-state index in [1.54, 1.807) is 43.3 Å². The lowest BCUT2D eigenvalue weighted by Gasteiger charge is -2.32. The molecule has 2 aliphatic heterocycles. The van der Waals surface area contributed by atoms with Gasteiger partial charge in [-0.15, -0.1) is 6.58 Å². The Kier molecular flexibility index (Phi) is 10.1. The van der Waals surface area contributed by atoms with Crippen LogP contribution in [0.25, 0.3) is 0 Å². The van der Waals surface area contributed by atoms with Crippen LogP contribution < -0.4 is 21.1 Å². The van der Waals surface area contributed by atoms with E-state index in [-0.39, 0.29) is 29.8 Å². The summed E-state index contributed by atoms with van der Waals surface area (Å²) in [6.07, 6.45) is 10.0. The summed E-state index contributed by atoms with van der Waals surface area (Å²) in [5.74, 6) is 1.12. The predicted molar refractivity (Wildman–Crippen MR) is 163 cm³/mol. The summed E-state index contributed by atoms with van der Waals surface area (Å²) in [5.41, 5.74) is 7.80. The molecule has 0 radical (unpaired) electrons. The highest BCUT2D eigenvalue weighted by molar-refractivity contribution is 6.04. The fraction of sp³-hybridized carbons (Fsp3) is 0.516. The van der Waals surface area contributed by atoms with E-state index in [4.69, 9.17) is 15.5 Å².